The van der Waals surface area contributed by atoms with Gasteiger partial charge in [-0.25, -0.2) is 9.97 Å². The zero-order valence-electron chi connectivity index (χ0n) is 12.7. The van der Waals surface area contributed by atoms with Crippen molar-refractivity contribution in [1.82, 2.24) is 15.3 Å². The van der Waals surface area contributed by atoms with Crippen molar-refractivity contribution < 1.29 is 4.74 Å². The topological polar surface area (TPSA) is 59.1 Å². The zero-order valence-corrected chi connectivity index (χ0v) is 12.7. The third-order valence-corrected chi connectivity index (χ3v) is 4.31. The molecule has 5 heteroatoms. The molecule has 1 saturated carbocycles. The van der Waals surface area contributed by atoms with Gasteiger partial charge in [0.2, 0.25) is 0 Å². The Bertz CT molecular complexity index is 650. The Kier molecular flexibility index (Phi) is 3.81. The van der Waals surface area contributed by atoms with E-state index in [4.69, 9.17) is 9.72 Å². The molecule has 0 bridgehead atoms. The first-order valence-electron chi connectivity index (χ1n) is 8.25. The first-order chi connectivity index (χ1) is 10.9. The van der Waals surface area contributed by atoms with Crippen molar-refractivity contribution in [3.05, 3.63) is 24.3 Å². The van der Waals surface area contributed by atoms with Crippen LogP contribution in [0.2, 0.25) is 0 Å². The third kappa shape index (κ3) is 3.14. The Labute approximate surface area is 130 Å². The lowest BCUT2D eigenvalue weighted by atomic mass is 10.0. The van der Waals surface area contributed by atoms with Crippen LogP contribution in [-0.2, 0) is 0 Å². The first-order valence-corrected chi connectivity index (χ1v) is 8.25. The lowest BCUT2D eigenvalue weighted by molar-refractivity contribution is 0.213. The van der Waals surface area contributed by atoms with E-state index in [1.165, 1.54) is 25.7 Å². The van der Waals surface area contributed by atoms with Gasteiger partial charge in [-0.1, -0.05) is 12.1 Å². The third-order valence-electron chi connectivity index (χ3n) is 4.31. The zero-order chi connectivity index (χ0) is 14.8. The highest BCUT2D eigenvalue weighted by Gasteiger charge is 2.24. The predicted octanol–water partition coefficient (Wildman–Crippen LogP) is 2.58. The van der Waals surface area contributed by atoms with Crippen LogP contribution in [0, 0.1) is 5.92 Å². The standard InChI is InChI=1S/C17H22N4O/c1-2-6-15-14(5-1)20-16(19-13-7-8-13)17(21-15)22-11-12-4-3-9-18-10-12/h1-2,5-6,12-13,18H,3-4,7-11H2,(H,19,20). The highest BCUT2D eigenvalue weighted by Crippen LogP contribution is 2.30. The van der Waals surface area contributed by atoms with Crippen molar-refractivity contribution in [2.45, 2.75) is 31.7 Å². The van der Waals surface area contributed by atoms with Crippen LogP contribution < -0.4 is 15.4 Å². The summed E-state index contributed by atoms with van der Waals surface area (Å²) in [5, 5.41) is 6.88. The molecule has 0 amide bonds. The largest absolute Gasteiger partial charge is 0.475 e. The Morgan fingerprint density at radius 2 is 1.95 bits per heavy atom. The maximum absolute atomic E-state index is 6.04. The number of benzene rings is 1. The lowest BCUT2D eigenvalue weighted by Gasteiger charge is -2.23. The molecule has 4 rings (SSSR count). The molecule has 5 nitrogen and oxygen atoms in total. The smallest absolute Gasteiger partial charge is 0.258 e. The fourth-order valence-corrected chi connectivity index (χ4v) is 2.86. The number of hydrogen-bond donors (Lipinski definition) is 2. The predicted molar refractivity (Wildman–Crippen MR) is 87.3 cm³/mol. The number of fused-ring (bicyclic) bond motifs is 1. The molecule has 22 heavy (non-hydrogen) atoms. The highest BCUT2D eigenvalue weighted by molar-refractivity contribution is 5.77. The van der Waals surface area contributed by atoms with Gasteiger partial charge in [0.05, 0.1) is 17.6 Å². The van der Waals surface area contributed by atoms with Crippen molar-refractivity contribution in [3.63, 3.8) is 0 Å². The number of para-hydroxylation sites is 2. The minimum Gasteiger partial charge on any atom is -0.475 e. The minimum atomic E-state index is 0.536. The Morgan fingerprint density at radius 1 is 1.14 bits per heavy atom. The maximum Gasteiger partial charge on any atom is 0.258 e. The van der Waals surface area contributed by atoms with Crippen molar-refractivity contribution in [3.8, 4) is 5.88 Å². The van der Waals surface area contributed by atoms with Crippen molar-refractivity contribution in [2.24, 2.45) is 5.92 Å². The van der Waals surface area contributed by atoms with E-state index in [1.54, 1.807) is 0 Å². The van der Waals surface area contributed by atoms with E-state index in [9.17, 15) is 0 Å². The molecular weight excluding hydrogens is 276 g/mol. The number of nitrogens with one attached hydrogen (secondary N) is 2. The van der Waals surface area contributed by atoms with Crippen LogP contribution >= 0.6 is 0 Å². The molecular formula is C17H22N4O. The van der Waals surface area contributed by atoms with Crippen LogP contribution in [0.1, 0.15) is 25.7 Å². The van der Waals surface area contributed by atoms with Crippen LogP contribution in [0.25, 0.3) is 11.0 Å². The van der Waals surface area contributed by atoms with Gasteiger partial charge >= 0.3 is 0 Å². The molecule has 1 aromatic carbocycles. The molecule has 2 heterocycles. The minimum absolute atomic E-state index is 0.536. The molecule has 1 unspecified atom stereocenters. The van der Waals surface area contributed by atoms with E-state index in [0.717, 1.165) is 29.9 Å². The summed E-state index contributed by atoms with van der Waals surface area (Å²) in [6.07, 6.45) is 4.87. The summed E-state index contributed by atoms with van der Waals surface area (Å²) >= 11 is 0. The molecule has 2 aliphatic rings. The summed E-state index contributed by atoms with van der Waals surface area (Å²) in [4.78, 5) is 9.38. The number of piperidine rings is 1. The summed E-state index contributed by atoms with van der Waals surface area (Å²) in [5.41, 5.74) is 1.80. The maximum atomic E-state index is 6.04. The van der Waals surface area contributed by atoms with Crippen LogP contribution in [0.15, 0.2) is 24.3 Å². The molecule has 1 saturated heterocycles. The second-order valence-electron chi connectivity index (χ2n) is 6.31. The quantitative estimate of drug-likeness (QED) is 0.888. The summed E-state index contributed by atoms with van der Waals surface area (Å²) in [6.45, 7) is 2.87. The molecule has 1 aliphatic heterocycles. The molecule has 2 fully saturated rings. The molecule has 116 valence electrons. The van der Waals surface area contributed by atoms with Crippen molar-refractivity contribution in [2.75, 3.05) is 25.0 Å². The summed E-state index contributed by atoms with van der Waals surface area (Å²) in [7, 11) is 0. The van der Waals surface area contributed by atoms with E-state index in [0.29, 0.717) is 24.4 Å². The first kappa shape index (κ1) is 13.8. The summed E-state index contributed by atoms with van der Waals surface area (Å²) in [5.74, 6) is 2.01. The fourth-order valence-electron chi connectivity index (χ4n) is 2.86. The fraction of sp³-hybridized carbons (Fsp3) is 0.529. The Hall–Kier alpha value is -1.88. The summed E-state index contributed by atoms with van der Waals surface area (Å²) < 4.78 is 6.04. The Balaban J connectivity index is 1.55. The van der Waals surface area contributed by atoms with E-state index >= 15 is 0 Å². The molecule has 1 aliphatic carbocycles. The van der Waals surface area contributed by atoms with E-state index in [1.807, 2.05) is 24.3 Å². The summed E-state index contributed by atoms with van der Waals surface area (Å²) in [6, 6.07) is 8.49. The average molecular weight is 298 g/mol. The molecule has 1 aromatic heterocycles. The normalized spacial score (nSPS) is 21.7. The number of rotatable bonds is 5. The van der Waals surface area contributed by atoms with Gasteiger partial charge in [0.15, 0.2) is 5.82 Å². The molecule has 0 spiro atoms. The molecule has 2 aromatic rings. The van der Waals surface area contributed by atoms with Crippen LogP contribution in [0.3, 0.4) is 0 Å². The molecule has 2 N–H and O–H groups in total. The highest BCUT2D eigenvalue weighted by atomic mass is 16.5. The van der Waals surface area contributed by atoms with E-state index < -0.39 is 0 Å². The van der Waals surface area contributed by atoms with Gasteiger partial charge < -0.3 is 15.4 Å². The van der Waals surface area contributed by atoms with Gasteiger partial charge in [0, 0.05) is 18.5 Å². The molecule has 1 atom stereocenters. The van der Waals surface area contributed by atoms with E-state index in [-0.39, 0.29) is 0 Å². The lowest BCUT2D eigenvalue weighted by Crippen LogP contribution is -2.33. The second kappa shape index (κ2) is 6.08. The van der Waals surface area contributed by atoms with Gasteiger partial charge in [0.1, 0.15) is 0 Å². The van der Waals surface area contributed by atoms with Gasteiger partial charge in [-0.05, 0) is 44.4 Å². The molecule has 0 radical (unpaired) electrons. The SMILES string of the molecule is c1ccc2nc(OCC3CCCNC3)c(NC3CC3)nc2c1. The van der Waals surface area contributed by atoms with Crippen molar-refractivity contribution >= 4 is 16.9 Å². The second-order valence-corrected chi connectivity index (χ2v) is 6.31. The average Bonchev–Trinajstić information content (AvgIpc) is 3.38. The van der Waals surface area contributed by atoms with Gasteiger partial charge in [-0.15, -0.1) is 0 Å². The van der Waals surface area contributed by atoms with Crippen LogP contribution in [0.4, 0.5) is 5.82 Å². The van der Waals surface area contributed by atoms with E-state index in [2.05, 4.69) is 15.6 Å². The number of anilines is 1. The number of hydrogen-bond acceptors (Lipinski definition) is 5. The van der Waals surface area contributed by atoms with Gasteiger partial charge in [-0.3, -0.25) is 0 Å². The Morgan fingerprint density at radius 3 is 2.68 bits per heavy atom. The van der Waals surface area contributed by atoms with Crippen molar-refractivity contribution in [1.29, 1.82) is 0 Å². The van der Waals surface area contributed by atoms with Crippen LogP contribution in [-0.4, -0.2) is 35.7 Å². The van der Waals surface area contributed by atoms with Crippen LogP contribution in [0.5, 0.6) is 5.88 Å². The number of aromatic nitrogens is 2. The monoisotopic (exact) mass is 298 g/mol. The number of ether oxygens (including phenoxy) is 1. The number of nitrogens with zero attached hydrogens (tertiary/aromatic N) is 2. The van der Waals surface area contributed by atoms with Gasteiger partial charge in [-0.2, -0.15) is 0 Å². The van der Waals surface area contributed by atoms with Gasteiger partial charge in [0.25, 0.3) is 5.88 Å².